The SMILES string of the molecule is CN=C(NCCc1nc(-c2cccc(Cl)c2)no1)N1CCC(COCCOC)C1.I. The fraction of sp³-hybridized carbons (Fsp3) is 0.550. The molecule has 1 atom stereocenters. The number of aliphatic imine (C=N–C) groups is 1. The highest BCUT2D eigenvalue weighted by atomic mass is 127. The van der Waals surface area contributed by atoms with Gasteiger partial charge < -0.3 is 24.2 Å². The van der Waals surface area contributed by atoms with Crippen LogP contribution in [0.5, 0.6) is 0 Å². The summed E-state index contributed by atoms with van der Waals surface area (Å²) in [5.74, 6) is 2.53. The molecule has 0 bridgehead atoms. The maximum absolute atomic E-state index is 6.02. The molecular weight excluding hydrogens is 521 g/mol. The van der Waals surface area contributed by atoms with Gasteiger partial charge in [-0.1, -0.05) is 28.9 Å². The first-order valence-electron chi connectivity index (χ1n) is 9.80. The third-order valence-electron chi connectivity index (χ3n) is 4.76. The summed E-state index contributed by atoms with van der Waals surface area (Å²) in [6, 6.07) is 7.41. The van der Waals surface area contributed by atoms with Crippen LogP contribution in [0.15, 0.2) is 33.8 Å². The van der Waals surface area contributed by atoms with Crippen LogP contribution in [0.25, 0.3) is 11.4 Å². The van der Waals surface area contributed by atoms with Crippen LogP contribution in [0.3, 0.4) is 0 Å². The van der Waals surface area contributed by atoms with E-state index in [9.17, 15) is 0 Å². The minimum absolute atomic E-state index is 0. The Balaban J connectivity index is 0.00000320. The van der Waals surface area contributed by atoms with Gasteiger partial charge in [0.2, 0.25) is 11.7 Å². The summed E-state index contributed by atoms with van der Waals surface area (Å²) < 4.78 is 16.0. The predicted molar refractivity (Wildman–Crippen MR) is 128 cm³/mol. The molecule has 1 aliphatic heterocycles. The Morgan fingerprint density at radius 3 is 3.03 bits per heavy atom. The number of benzene rings is 1. The number of aromatic nitrogens is 2. The van der Waals surface area contributed by atoms with E-state index in [0.29, 0.717) is 48.8 Å². The van der Waals surface area contributed by atoms with E-state index in [1.165, 1.54) is 0 Å². The number of likely N-dealkylation sites (tertiary alicyclic amines) is 1. The summed E-state index contributed by atoms with van der Waals surface area (Å²) in [5, 5.41) is 8.07. The highest BCUT2D eigenvalue weighted by Crippen LogP contribution is 2.20. The van der Waals surface area contributed by atoms with Gasteiger partial charge in [-0.05, 0) is 18.6 Å². The Morgan fingerprint density at radius 1 is 1.40 bits per heavy atom. The monoisotopic (exact) mass is 549 g/mol. The van der Waals surface area contributed by atoms with Crippen molar-refractivity contribution >= 4 is 41.5 Å². The van der Waals surface area contributed by atoms with Gasteiger partial charge in [-0.2, -0.15) is 4.98 Å². The van der Waals surface area contributed by atoms with Crippen LogP contribution >= 0.6 is 35.6 Å². The highest BCUT2D eigenvalue weighted by molar-refractivity contribution is 14.0. The van der Waals surface area contributed by atoms with Gasteiger partial charge in [0, 0.05) is 56.7 Å². The van der Waals surface area contributed by atoms with Gasteiger partial charge in [-0.25, -0.2) is 0 Å². The van der Waals surface area contributed by atoms with E-state index in [0.717, 1.165) is 37.6 Å². The largest absolute Gasteiger partial charge is 0.382 e. The fourth-order valence-corrected chi connectivity index (χ4v) is 3.46. The summed E-state index contributed by atoms with van der Waals surface area (Å²) in [4.78, 5) is 11.1. The van der Waals surface area contributed by atoms with Crippen LogP contribution in [0.2, 0.25) is 5.02 Å². The topological polar surface area (TPSA) is 85.0 Å². The lowest BCUT2D eigenvalue weighted by Crippen LogP contribution is -2.41. The molecule has 1 saturated heterocycles. The number of nitrogens with one attached hydrogen (secondary N) is 1. The first kappa shape index (κ1) is 24.8. The molecule has 1 aromatic heterocycles. The standard InChI is InChI=1S/C20H28ClN5O3.HI/c1-22-20(26-9-7-15(13-26)14-28-11-10-27-2)23-8-6-18-24-19(25-29-18)16-4-3-5-17(21)12-16;/h3-5,12,15H,6-11,13-14H2,1-2H3,(H,22,23);1H. The summed E-state index contributed by atoms with van der Waals surface area (Å²) in [7, 11) is 3.48. The summed E-state index contributed by atoms with van der Waals surface area (Å²) in [5.41, 5.74) is 0.840. The second-order valence-corrected chi connectivity index (χ2v) is 7.35. The zero-order valence-electron chi connectivity index (χ0n) is 17.3. The van der Waals surface area contributed by atoms with Crippen molar-refractivity contribution in [2.45, 2.75) is 12.8 Å². The molecule has 1 aliphatic rings. The molecule has 1 unspecified atom stereocenters. The Hall–Kier alpha value is -1.43. The summed E-state index contributed by atoms with van der Waals surface area (Å²) in [6.07, 6.45) is 1.71. The first-order chi connectivity index (χ1) is 14.2. The van der Waals surface area contributed by atoms with Crippen LogP contribution in [-0.2, 0) is 15.9 Å². The lowest BCUT2D eigenvalue weighted by Gasteiger charge is -2.21. The van der Waals surface area contributed by atoms with Crippen molar-refractivity contribution in [2.24, 2.45) is 10.9 Å². The van der Waals surface area contributed by atoms with Gasteiger partial charge in [-0.3, -0.25) is 4.99 Å². The Labute approximate surface area is 199 Å². The first-order valence-corrected chi connectivity index (χ1v) is 10.2. The third kappa shape index (κ3) is 7.36. The molecule has 0 aliphatic carbocycles. The van der Waals surface area contributed by atoms with E-state index >= 15 is 0 Å². The molecule has 0 amide bonds. The average Bonchev–Trinajstić information content (AvgIpc) is 3.38. The quantitative estimate of drug-likeness (QED) is 0.223. The molecule has 10 heteroatoms. The van der Waals surface area contributed by atoms with Crippen LogP contribution in [-0.4, -0.2) is 74.6 Å². The van der Waals surface area contributed by atoms with Crippen LogP contribution < -0.4 is 5.32 Å². The van der Waals surface area contributed by atoms with Crippen LogP contribution in [0, 0.1) is 5.92 Å². The van der Waals surface area contributed by atoms with E-state index in [4.69, 9.17) is 25.6 Å². The van der Waals surface area contributed by atoms with Crippen molar-refractivity contribution in [3.05, 3.63) is 35.2 Å². The smallest absolute Gasteiger partial charge is 0.228 e. The summed E-state index contributed by atoms with van der Waals surface area (Å²) >= 11 is 6.02. The second-order valence-electron chi connectivity index (χ2n) is 6.91. The van der Waals surface area contributed by atoms with Gasteiger partial charge in [-0.15, -0.1) is 24.0 Å². The van der Waals surface area contributed by atoms with Crippen molar-refractivity contribution in [3.8, 4) is 11.4 Å². The minimum Gasteiger partial charge on any atom is -0.382 e. The average molecular weight is 550 g/mol. The van der Waals surface area contributed by atoms with Crippen molar-refractivity contribution in [1.29, 1.82) is 0 Å². The molecule has 3 rings (SSSR count). The number of nitrogens with zero attached hydrogens (tertiary/aromatic N) is 4. The van der Waals surface area contributed by atoms with Crippen molar-refractivity contribution < 1.29 is 14.0 Å². The summed E-state index contributed by atoms with van der Waals surface area (Å²) in [6.45, 7) is 4.60. The van der Waals surface area contributed by atoms with E-state index < -0.39 is 0 Å². The van der Waals surface area contributed by atoms with Gasteiger partial charge in [0.25, 0.3) is 0 Å². The van der Waals surface area contributed by atoms with Crippen molar-refractivity contribution in [3.63, 3.8) is 0 Å². The van der Waals surface area contributed by atoms with Crippen molar-refractivity contribution in [2.75, 3.05) is 53.6 Å². The number of hydrogen-bond acceptors (Lipinski definition) is 6. The second kappa shape index (κ2) is 13.1. The van der Waals surface area contributed by atoms with Gasteiger partial charge in [0.05, 0.1) is 19.8 Å². The van der Waals surface area contributed by atoms with Crippen molar-refractivity contribution in [1.82, 2.24) is 20.4 Å². The zero-order chi connectivity index (χ0) is 20.5. The van der Waals surface area contributed by atoms with Gasteiger partial charge >= 0.3 is 0 Å². The molecule has 8 nitrogen and oxygen atoms in total. The number of hydrogen-bond donors (Lipinski definition) is 1. The number of guanidine groups is 1. The molecule has 166 valence electrons. The Bertz CT molecular complexity index is 804. The molecule has 0 radical (unpaired) electrons. The molecule has 1 fully saturated rings. The number of rotatable bonds is 9. The van der Waals surface area contributed by atoms with E-state index in [2.05, 4.69) is 25.3 Å². The predicted octanol–water partition coefficient (Wildman–Crippen LogP) is 3.11. The van der Waals surface area contributed by atoms with Crippen LogP contribution in [0.4, 0.5) is 0 Å². The van der Waals surface area contributed by atoms with E-state index in [1.54, 1.807) is 14.2 Å². The lowest BCUT2D eigenvalue weighted by atomic mass is 10.1. The molecular formula is C20H29ClIN5O3. The highest BCUT2D eigenvalue weighted by Gasteiger charge is 2.25. The lowest BCUT2D eigenvalue weighted by molar-refractivity contribution is 0.0536. The molecule has 1 N–H and O–H groups in total. The molecule has 2 aromatic rings. The van der Waals surface area contributed by atoms with Gasteiger partial charge in [0.1, 0.15) is 0 Å². The molecule has 0 saturated carbocycles. The zero-order valence-corrected chi connectivity index (χ0v) is 20.4. The number of methoxy groups -OCH3 is 1. The maximum atomic E-state index is 6.02. The fourth-order valence-electron chi connectivity index (χ4n) is 3.27. The number of ether oxygens (including phenoxy) is 2. The molecule has 2 heterocycles. The maximum Gasteiger partial charge on any atom is 0.228 e. The van der Waals surface area contributed by atoms with Crippen LogP contribution in [0.1, 0.15) is 12.3 Å². The molecule has 30 heavy (non-hydrogen) atoms. The van der Waals surface area contributed by atoms with E-state index in [-0.39, 0.29) is 24.0 Å². The Kier molecular flexibility index (Phi) is 10.8. The normalized spacial score (nSPS) is 16.6. The van der Waals surface area contributed by atoms with Gasteiger partial charge in [0.15, 0.2) is 5.96 Å². The molecule has 0 spiro atoms. The minimum atomic E-state index is 0. The Morgan fingerprint density at radius 2 is 2.27 bits per heavy atom. The number of halogens is 2. The molecule has 1 aromatic carbocycles. The third-order valence-corrected chi connectivity index (χ3v) is 4.99. The van der Waals surface area contributed by atoms with E-state index in [1.807, 2.05) is 24.3 Å².